The Labute approximate surface area is 139 Å². The quantitative estimate of drug-likeness (QED) is 0.842. The highest BCUT2D eigenvalue weighted by Gasteiger charge is 2.46. The van der Waals surface area contributed by atoms with Gasteiger partial charge < -0.3 is 9.64 Å². The molecular formula is C17H18N4O3. The fourth-order valence-electron chi connectivity index (χ4n) is 2.90. The van der Waals surface area contributed by atoms with Crippen LogP contribution in [-0.2, 0) is 4.79 Å². The van der Waals surface area contributed by atoms with Gasteiger partial charge in [0.2, 0.25) is 5.88 Å². The van der Waals surface area contributed by atoms with Crippen LogP contribution in [0.2, 0.25) is 0 Å². The molecule has 1 aliphatic heterocycles. The minimum absolute atomic E-state index is 0.169. The summed E-state index contributed by atoms with van der Waals surface area (Å²) in [4.78, 5) is 36.9. The van der Waals surface area contributed by atoms with Crippen LogP contribution in [-0.4, -0.2) is 41.5 Å². The molecule has 1 aliphatic rings. The molecule has 0 atom stereocenters. The molecule has 7 nitrogen and oxygen atoms in total. The molecule has 0 N–H and O–H groups in total. The highest BCUT2D eigenvalue weighted by atomic mass is 16.5. The van der Waals surface area contributed by atoms with E-state index in [4.69, 9.17) is 4.74 Å². The van der Waals surface area contributed by atoms with E-state index in [1.807, 2.05) is 24.3 Å². The van der Waals surface area contributed by atoms with E-state index in [9.17, 15) is 9.59 Å². The van der Waals surface area contributed by atoms with E-state index in [0.29, 0.717) is 17.3 Å². The van der Waals surface area contributed by atoms with E-state index >= 15 is 0 Å². The minimum Gasteiger partial charge on any atom is -0.481 e. The summed E-state index contributed by atoms with van der Waals surface area (Å²) in [6, 6.07) is 8.75. The molecule has 0 aliphatic carbocycles. The molecule has 24 heavy (non-hydrogen) atoms. The van der Waals surface area contributed by atoms with Gasteiger partial charge in [0, 0.05) is 13.1 Å². The van der Waals surface area contributed by atoms with Crippen molar-refractivity contribution in [2.24, 2.45) is 0 Å². The Kier molecular flexibility index (Phi) is 3.71. The van der Waals surface area contributed by atoms with Gasteiger partial charge in [0.1, 0.15) is 17.6 Å². The molecule has 124 valence electrons. The van der Waals surface area contributed by atoms with E-state index in [1.54, 1.807) is 25.8 Å². The van der Waals surface area contributed by atoms with Crippen LogP contribution in [0.3, 0.4) is 0 Å². The lowest BCUT2D eigenvalue weighted by Crippen LogP contribution is -2.61. The van der Waals surface area contributed by atoms with Gasteiger partial charge in [0.05, 0.1) is 18.5 Å². The summed E-state index contributed by atoms with van der Waals surface area (Å²) in [7, 11) is 3.17. The summed E-state index contributed by atoms with van der Waals surface area (Å²) in [6.07, 6.45) is 1.27. The van der Waals surface area contributed by atoms with Crippen LogP contribution in [0.15, 0.2) is 36.7 Å². The third-order valence-corrected chi connectivity index (χ3v) is 4.14. The van der Waals surface area contributed by atoms with Crippen molar-refractivity contribution in [1.82, 2.24) is 9.97 Å². The van der Waals surface area contributed by atoms with Crippen LogP contribution in [0.5, 0.6) is 5.88 Å². The monoisotopic (exact) mass is 326 g/mol. The molecule has 1 aromatic heterocycles. The summed E-state index contributed by atoms with van der Waals surface area (Å²) < 4.78 is 5.05. The molecule has 1 aromatic carbocycles. The van der Waals surface area contributed by atoms with Gasteiger partial charge in [0.15, 0.2) is 0 Å². The number of fused-ring (bicyclic) bond motifs is 1. The maximum Gasteiger partial charge on any atom is 0.278 e. The lowest BCUT2D eigenvalue weighted by molar-refractivity contribution is -0.122. The standard InChI is InChI=1S/C17H18N4O3/c1-17(2)16(23)20(3)12-7-5-6-8-13(12)21(17)15(22)11-9-14(24-4)19-10-18-11/h5-10H,1-4H3. The first-order chi connectivity index (χ1) is 11.4. The Morgan fingerprint density at radius 3 is 2.50 bits per heavy atom. The zero-order valence-corrected chi connectivity index (χ0v) is 14.0. The highest BCUT2D eigenvalue weighted by molar-refractivity contribution is 6.18. The predicted octanol–water partition coefficient (Wildman–Crippen LogP) is 1.89. The highest BCUT2D eigenvalue weighted by Crippen LogP contribution is 2.40. The number of benzene rings is 1. The van der Waals surface area contributed by atoms with Crippen molar-refractivity contribution in [3.05, 3.63) is 42.4 Å². The SMILES string of the molecule is COc1cc(C(=O)N2c3ccccc3N(C)C(=O)C2(C)C)ncn1. The Morgan fingerprint density at radius 2 is 1.83 bits per heavy atom. The van der Waals surface area contributed by atoms with Gasteiger partial charge in [-0.3, -0.25) is 14.5 Å². The van der Waals surface area contributed by atoms with Crippen molar-refractivity contribution >= 4 is 23.2 Å². The summed E-state index contributed by atoms with van der Waals surface area (Å²) in [5.41, 5.74) is 0.462. The first kappa shape index (κ1) is 15.9. The zero-order chi connectivity index (χ0) is 17.5. The number of para-hydroxylation sites is 2. The molecule has 7 heteroatoms. The number of amides is 2. The Balaban J connectivity index is 2.15. The average Bonchev–Trinajstić information content (AvgIpc) is 2.60. The van der Waals surface area contributed by atoms with Crippen LogP contribution in [0.1, 0.15) is 24.3 Å². The number of anilines is 2. The molecule has 2 heterocycles. The van der Waals surface area contributed by atoms with E-state index in [2.05, 4.69) is 9.97 Å². The molecule has 0 bridgehead atoms. The van der Waals surface area contributed by atoms with Gasteiger partial charge in [0.25, 0.3) is 11.8 Å². The van der Waals surface area contributed by atoms with E-state index < -0.39 is 5.54 Å². The zero-order valence-electron chi connectivity index (χ0n) is 14.0. The van der Waals surface area contributed by atoms with Crippen LogP contribution >= 0.6 is 0 Å². The van der Waals surface area contributed by atoms with Crippen molar-refractivity contribution in [3.8, 4) is 5.88 Å². The number of aromatic nitrogens is 2. The maximum atomic E-state index is 13.1. The number of likely N-dealkylation sites (N-methyl/N-ethyl adjacent to an activating group) is 1. The van der Waals surface area contributed by atoms with Crippen LogP contribution in [0.25, 0.3) is 0 Å². The number of carbonyl (C=O) groups excluding carboxylic acids is 2. The second-order valence-electron chi connectivity index (χ2n) is 6.00. The number of methoxy groups -OCH3 is 1. The van der Waals surface area contributed by atoms with Gasteiger partial charge in [-0.05, 0) is 26.0 Å². The Hall–Kier alpha value is -2.96. The molecular weight excluding hydrogens is 308 g/mol. The molecule has 0 saturated carbocycles. The molecule has 3 rings (SSSR count). The fourth-order valence-corrected chi connectivity index (χ4v) is 2.90. The lowest BCUT2D eigenvalue weighted by Gasteiger charge is -2.45. The van der Waals surface area contributed by atoms with Crippen molar-refractivity contribution in [3.63, 3.8) is 0 Å². The maximum absolute atomic E-state index is 13.1. The number of nitrogens with zero attached hydrogens (tertiary/aromatic N) is 4. The summed E-state index contributed by atoms with van der Waals surface area (Å²) in [6.45, 7) is 3.44. The first-order valence-electron chi connectivity index (χ1n) is 7.45. The second-order valence-corrected chi connectivity index (χ2v) is 6.00. The lowest BCUT2D eigenvalue weighted by atomic mass is 9.94. The van der Waals surface area contributed by atoms with Crippen molar-refractivity contribution in [2.75, 3.05) is 24.0 Å². The van der Waals surface area contributed by atoms with Crippen LogP contribution in [0.4, 0.5) is 11.4 Å². The molecule has 0 spiro atoms. The Bertz CT molecular complexity index is 819. The average molecular weight is 326 g/mol. The number of carbonyl (C=O) groups is 2. The van der Waals surface area contributed by atoms with Crippen LogP contribution < -0.4 is 14.5 Å². The third kappa shape index (κ3) is 2.29. The van der Waals surface area contributed by atoms with Crippen molar-refractivity contribution < 1.29 is 14.3 Å². The largest absolute Gasteiger partial charge is 0.481 e. The van der Waals surface area contributed by atoms with Gasteiger partial charge in [-0.2, -0.15) is 0 Å². The molecule has 2 aromatic rings. The van der Waals surface area contributed by atoms with Crippen molar-refractivity contribution in [1.29, 1.82) is 0 Å². The van der Waals surface area contributed by atoms with Gasteiger partial charge >= 0.3 is 0 Å². The third-order valence-electron chi connectivity index (χ3n) is 4.14. The topological polar surface area (TPSA) is 75.6 Å². The van der Waals surface area contributed by atoms with E-state index in [1.165, 1.54) is 24.4 Å². The van der Waals surface area contributed by atoms with E-state index in [-0.39, 0.29) is 17.5 Å². The number of ether oxygens (including phenoxy) is 1. The molecule has 0 fully saturated rings. The Morgan fingerprint density at radius 1 is 1.17 bits per heavy atom. The first-order valence-corrected chi connectivity index (χ1v) is 7.45. The van der Waals surface area contributed by atoms with Gasteiger partial charge in [-0.15, -0.1) is 0 Å². The van der Waals surface area contributed by atoms with Crippen molar-refractivity contribution in [2.45, 2.75) is 19.4 Å². The van der Waals surface area contributed by atoms with Crippen LogP contribution in [0, 0.1) is 0 Å². The molecule has 0 unspecified atom stereocenters. The molecule has 0 radical (unpaired) electrons. The summed E-state index contributed by atoms with van der Waals surface area (Å²) >= 11 is 0. The number of rotatable bonds is 2. The van der Waals surface area contributed by atoms with Gasteiger partial charge in [-0.25, -0.2) is 9.97 Å². The second kappa shape index (κ2) is 5.59. The molecule has 0 saturated heterocycles. The minimum atomic E-state index is -1.04. The smallest absolute Gasteiger partial charge is 0.278 e. The van der Waals surface area contributed by atoms with E-state index in [0.717, 1.165) is 0 Å². The summed E-state index contributed by atoms with van der Waals surface area (Å²) in [5.74, 6) is -0.259. The summed E-state index contributed by atoms with van der Waals surface area (Å²) in [5, 5.41) is 0. The predicted molar refractivity (Wildman–Crippen MR) is 89.3 cm³/mol. The van der Waals surface area contributed by atoms with Gasteiger partial charge in [-0.1, -0.05) is 12.1 Å². The molecule has 2 amide bonds. The fraction of sp³-hybridized carbons (Fsp3) is 0.294. The number of hydrogen-bond acceptors (Lipinski definition) is 5. The normalized spacial score (nSPS) is 15.9. The number of hydrogen-bond donors (Lipinski definition) is 0.